The average Bonchev–Trinajstić information content (AvgIpc) is 2.98. The third kappa shape index (κ3) is 4.40. The summed E-state index contributed by atoms with van der Waals surface area (Å²) >= 11 is 1.15. The van der Waals surface area contributed by atoms with Gasteiger partial charge in [-0.3, -0.25) is 19.7 Å². The average molecular weight is 363 g/mol. The SMILES string of the molecule is COCC(=O)Nc1ncc(/C=C/C(=O)c2c(O)cc(C)n(C)c2=O)s1. The van der Waals surface area contributed by atoms with Gasteiger partial charge in [0.2, 0.25) is 0 Å². The maximum absolute atomic E-state index is 12.2. The highest BCUT2D eigenvalue weighted by atomic mass is 32.1. The summed E-state index contributed by atoms with van der Waals surface area (Å²) in [5.74, 6) is -1.31. The highest BCUT2D eigenvalue weighted by Gasteiger charge is 2.16. The van der Waals surface area contributed by atoms with Crippen molar-refractivity contribution in [2.75, 3.05) is 19.0 Å². The Morgan fingerprint density at radius 3 is 2.88 bits per heavy atom. The molecular weight excluding hydrogens is 346 g/mol. The number of hydrogen-bond acceptors (Lipinski definition) is 7. The number of aromatic hydroxyl groups is 1. The maximum Gasteiger partial charge on any atom is 0.265 e. The second-order valence-corrected chi connectivity index (χ2v) is 6.22. The number of ketones is 1. The van der Waals surface area contributed by atoms with Gasteiger partial charge in [-0.15, -0.1) is 0 Å². The number of aryl methyl sites for hydroxylation is 1. The van der Waals surface area contributed by atoms with Gasteiger partial charge in [0.15, 0.2) is 10.9 Å². The molecule has 2 rings (SSSR count). The normalized spacial score (nSPS) is 11.0. The van der Waals surface area contributed by atoms with Crippen molar-refractivity contribution in [1.29, 1.82) is 0 Å². The fourth-order valence-electron chi connectivity index (χ4n) is 1.98. The van der Waals surface area contributed by atoms with Crippen LogP contribution in [0.1, 0.15) is 20.9 Å². The summed E-state index contributed by atoms with van der Waals surface area (Å²) in [4.78, 5) is 40.4. The Morgan fingerprint density at radius 2 is 2.20 bits per heavy atom. The number of ether oxygens (including phenoxy) is 1. The monoisotopic (exact) mass is 363 g/mol. The van der Waals surface area contributed by atoms with Gasteiger partial charge in [-0.25, -0.2) is 4.98 Å². The molecular formula is C16H17N3O5S. The predicted octanol–water partition coefficient (Wildman–Crippen LogP) is 1.34. The van der Waals surface area contributed by atoms with Crippen LogP contribution in [0.4, 0.5) is 5.13 Å². The van der Waals surface area contributed by atoms with Crippen molar-refractivity contribution in [1.82, 2.24) is 9.55 Å². The third-order valence-corrected chi connectivity index (χ3v) is 4.22. The highest BCUT2D eigenvalue weighted by molar-refractivity contribution is 7.16. The van der Waals surface area contributed by atoms with Crippen molar-refractivity contribution >= 4 is 34.2 Å². The molecule has 2 aromatic rings. The lowest BCUT2D eigenvalue weighted by molar-refractivity contribution is -0.119. The fraction of sp³-hybridized carbons (Fsp3) is 0.250. The van der Waals surface area contributed by atoms with Gasteiger partial charge in [0.05, 0.1) is 0 Å². The van der Waals surface area contributed by atoms with Crippen LogP contribution in [0, 0.1) is 6.92 Å². The minimum absolute atomic E-state index is 0.0841. The van der Waals surface area contributed by atoms with E-state index in [9.17, 15) is 19.5 Å². The van der Waals surface area contributed by atoms with Gasteiger partial charge in [-0.05, 0) is 19.1 Å². The number of methoxy groups -OCH3 is 1. The van der Waals surface area contributed by atoms with Crippen LogP contribution in [0.5, 0.6) is 5.75 Å². The molecule has 0 fully saturated rings. The van der Waals surface area contributed by atoms with Crippen LogP contribution in [-0.2, 0) is 16.6 Å². The molecule has 25 heavy (non-hydrogen) atoms. The number of nitrogens with zero attached hydrogens (tertiary/aromatic N) is 2. The van der Waals surface area contributed by atoms with Crippen LogP contribution in [0.15, 0.2) is 23.1 Å². The van der Waals surface area contributed by atoms with Crippen LogP contribution in [-0.4, -0.2) is 40.1 Å². The summed E-state index contributed by atoms with van der Waals surface area (Å²) in [5, 5.41) is 12.8. The number of thiazole rings is 1. The molecule has 0 bridgehead atoms. The van der Waals surface area contributed by atoms with Gasteiger partial charge in [0.1, 0.15) is 17.9 Å². The largest absolute Gasteiger partial charge is 0.507 e. The van der Waals surface area contributed by atoms with Crippen LogP contribution in [0.25, 0.3) is 6.08 Å². The van der Waals surface area contributed by atoms with E-state index in [-0.39, 0.29) is 23.8 Å². The van der Waals surface area contributed by atoms with Crippen molar-refractivity contribution in [3.8, 4) is 5.75 Å². The Bertz CT molecular complexity index is 898. The van der Waals surface area contributed by atoms with Crippen LogP contribution < -0.4 is 10.9 Å². The zero-order chi connectivity index (χ0) is 18.6. The second kappa shape index (κ2) is 7.86. The summed E-state index contributed by atoms with van der Waals surface area (Å²) in [6, 6.07) is 1.36. The smallest absolute Gasteiger partial charge is 0.265 e. The summed E-state index contributed by atoms with van der Waals surface area (Å²) in [7, 11) is 2.93. The number of pyridine rings is 1. The standard InChI is InChI=1S/C16H17N3O5S/c1-9-6-12(21)14(15(23)19(9)2)11(20)5-4-10-7-17-16(25-10)18-13(22)8-24-3/h4-7,21H,8H2,1-3H3,(H,17,18,22)/b5-4+. The molecule has 8 nitrogen and oxygen atoms in total. The lowest BCUT2D eigenvalue weighted by atomic mass is 10.1. The number of carbonyl (C=O) groups is 2. The summed E-state index contributed by atoms with van der Waals surface area (Å²) in [6.07, 6.45) is 4.12. The number of aromatic nitrogens is 2. The van der Waals surface area contributed by atoms with Crippen LogP contribution in [0.2, 0.25) is 0 Å². The Hall–Kier alpha value is -2.78. The maximum atomic E-state index is 12.2. The van der Waals surface area contributed by atoms with Crippen molar-refractivity contribution in [2.24, 2.45) is 7.05 Å². The van der Waals surface area contributed by atoms with Gasteiger partial charge in [0.25, 0.3) is 11.5 Å². The molecule has 0 saturated heterocycles. The van der Waals surface area contributed by atoms with Gasteiger partial charge in [-0.2, -0.15) is 0 Å². The zero-order valence-corrected chi connectivity index (χ0v) is 14.7. The second-order valence-electron chi connectivity index (χ2n) is 5.16. The third-order valence-electron chi connectivity index (χ3n) is 3.34. The topological polar surface area (TPSA) is 111 Å². The summed E-state index contributed by atoms with van der Waals surface area (Å²) in [6.45, 7) is 1.57. The number of anilines is 1. The molecule has 1 amide bonds. The van der Waals surface area contributed by atoms with E-state index in [1.807, 2.05) is 0 Å². The Kier molecular flexibility index (Phi) is 5.84. The van der Waals surface area contributed by atoms with E-state index in [0.717, 1.165) is 11.3 Å². The lowest BCUT2D eigenvalue weighted by Crippen LogP contribution is -2.25. The van der Waals surface area contributed by atoms with Gasteiger partial charge >= 0.3 is 0 Å². The quantitative estimate of drug-likeness (QED) is 0.592. The van der Waals surface area contributed by atoms with E-state index in [1.165, 1.54) is 43.1 Å². The molecule has 0 aliphatic heterocycles. The molecule has 0 saturated carbocycles. The Balaban J connectivity index is 2.17. The van der Waals surface area contributed by atoms with Gasteiger partial charge in [-0.1, -0.05) is 11.3 Å². The minimum Gasteiger partial charge on any atom is -0.507 e. The van der Waals surface area contributed by atoms with Gasteiger partial charge < -0.3 is 14.4 Å². The minimum atomic E-state index is -0.614. The molecule has 132 valence electrons. The number of rotatable bonds is 6. The van der Waals surface area contributed by atoms with Crippen LogP contribution in [0.3, 0.4) is 0 Å². The first-order valence-electron chi connectivity index (χ1n) is 7.20. The van der Waals surface area contributed by atoms with E-state index in [4.69, 9.17) is 4.74 Å². The Labute approximate surface area is 147 Å². The number of amides is 1. The molecule has 2 aromatic heterocycles. The Morgan fingerprint density at radius 1 is 1.48 bits per heavy atom. The first kappa shape index (κ1) is 18.6. The van der Waals surface area contributed by atoms with Crippen molar-refractivity contribution in [3.63, 3.8) is 0 Å². The molecule has 0 aliphatic rings. The van der Waals surface area contributed by atoms with Crippen molar-refractivity contribution < 1.29 is 19.4 Å². The van der Waals surface area contributed by atoms with Gasteiger partial charge in [0, 0.05) is 37.0 Å². The van der Waals surface area contributed by atoms with E-state index in [0.29, 0.717) is 15.7 Å². The molecule has 0 aliphatic carbocycles. The molecule has 2 N–H and O–H groups in total. The van der Waals surface area contributed by atoms with Crippen LogP contribution >= 0.6 is 11.3 Å². The molecule has 0 radical (unpaired) electrons. The molecule has 9 heteroatoms. The number of allylic oxidation sites excluding steroid dienone is 1. The lowest BCUT2D eigenvalue weighted by Gasteiger charge is -2.07. The summed E-state index contributed by atoms with van der Waals surface area (Å²) < 4.78 is 5.99. The first-order valence-corrected chi connectivity index (χ1v) is 8.01. The predicted molar refractivity (Wildman–Crippen MR) is 94.1 cm³/mol. The first-order chi connectivity index (χ1) is 11.8. The molecule has 0 atom stereocenters. The molecule has 0 aromatic carbocycles. The number of hydrogen-bond donors (Lipinski definition) is 2. The van der Waals surface area contributed by atoms with E-state index < -0.39 is 11.3 Å². The number of carbonyl (C=O) groups excluding carboxylic acids is 2. The zero-order valence-electron chi connectivity index (χ0n) is 13.9. The van der Waals surface area contributed by atoms with Crippen molar-refractivity contribution in [2.45, 2.75) is 6.92 Å². The van der Waals surface area contributed by atoms with E-state index >= 15 is 0 Å². The number of nitrogens with one attached hydrogen (secondary N) is 1. The molecule has 0 spiro atoms. The highest BCUT2D eigenvalue weighted by Crippen LogP contribution is 2.20. The molecule has 2 heterocycles. The van der Waals surface area contributed by atoms with Crippen molar-refractivity contribution in [3.05, 3.63) is 44.8 Å². The van der Waals surface area contributed by atoms with E-state index in [2.05, 4.69) is 10.3 Å². The molecule has 0 unspecified atom stereocenters. The summed E-state index contributed by atoms with van der Waals surface area (Å²) in [5.41, 5.74) is -0.312. The van der Waals surface area contributed by atoms with E-state index in [1.54, 1.807) is 6.92 Å². The fourth-order valence-corrected chi connectivity index (χ4v) is 2.72.